The summed E-state index contributed by atoms with van der Waals surface area (Å²) in [5.41, 5.74) is 1.52. The van der Waals surface area contributed by atoms with Crippen LogP contribution in [0.1, 0.15) is 15.9 Å². The van der Waals surface area contributed by atoms with Crippen LogP contribution in [0, 0.1) is 0 Å². The van der Waals surface area contributed by atoms with E-state index in [9.17, 15) is 4.79 Å². The maximum atomic E-state index is 12.5. The smallest absolute Gasteiger partial charge is 0.167 e. The monoisotopic (exact) mass is 404 g/mol. The SMILES string of the molecule is O=C(Cc1ccc(OCCOCCO)cc1)c1ccc(OCCOCCO)cc1. The molecule has 2 N–H and O–H groups in total. The molecule has 2 rings (SSSR count). The molecule has 7 heteroatoms. The van der Waals surface area contributed by atoms with Gasteiger partial charge in [-0.15, -0.1) is 0 Å². The first-order valence-electron chi connectivity index (χ1n) is 9.58. The van der Waals surface area contributed by atoms with Crippen molar-refractivity contribution in [2.75, 3.05) is 52.9 Å². The van der Waals surface area contributed by atoms with Crippen LogP contribution >= 0.6 is 0 Å². The highest BCUT2D eigenvalue weighted by molar-refractivity contribution is 5.97. The lowest BCUT2D eigenvalue weighted by Crippen LogP contribution is -2.09. The molecule has 0 aromatic heterocycles. The number of aliphatic hydroxyl groups is 2. The highest BCUT2D eigenvalue weighted by Crippen LogP contribution is 2.16. The van der Waals surface area contributed by atoms with Crippen LogP contribution in [0.4, 0.5) is 0 Å². The van der Waals surface area contributed by atoms with E-state index in [1.165, 1.54) is 0 Å². The molecular formula is C22H28O7. The van der Waals surface area contributed by atoms with E-state index in [1.54, 1.807) is 24.3 Å². The van der Waals surface area contributed by atoms with Gasteiger partial charge in [-0.05, 0) is 42.0 Å². The molecule has 0 radical (unpaired) electrons. The van der Waals surface area contributed by atoms with Gasteiger partial charge in [-0.2, -0.15) is 0 Å². The average molecular weight is 404 g/mol. The highest BCUT2D eigenvalue weighted by atomic mass is 16.5. The van der Waals surface area contributed by atoms with Crippen LogP contribution in [0.5, 0.6) is 11.5 Å². The summed E-state index contributed by atoms with van der Waals surface area (Å²) in [7, 11) is 0. The van der Waals surface area contributed by atoms with Crippen LogP contribution < -0.4 is 9.47 Å². The van der Waals surface area contributed by atoms with Gasteiger partial charge < -0.3 is 29.2 Å². The Kier molecular flexibility index (Phi) is 10.8. The first-order chi connectivity index (χ1) is 14.2. The fourth-order valence-electron chi connectivity index (χ4n) is 2.50. The van der Waals surface area contributed by atoms with E-state index in [1.807, 2.05) is 24.3 Å². The maximum absolute atomic E-state index is 12.5. The Morgan fingerprint density at radius 1 is 0.655 bits per heavy atom. The molecule has 7 nitrogen and oxygen atoms in total. The van der Waals surface area contributed by atoms with Gasteiger partial charge in [0.25, 0.3) is 0 Å². The molecule has 29 heavy (non-hydrogen) atoms. The number of rotatable bonds is 15. The summed E-state index contributed by atoms with van der Waals surface area (Å²) in [6.45, 7) is 2.19. The van der Waals surface area contributed by atoms with Crippen molar-refractivity contribution >= 4 is 5.78 Å². The van der Waals surface area contributed by atoms with Crippen LogP contribution in [-0.4, -0.2) is 68.9 Å². The van der Waals surface area contributed by atoms with Crippen LogP contribution in [0.2, 0.25) is 0 Å². The Morgan fingerprint density at radius 3 is 1.62 bits per heavy atom. The predicted molar refractivity (Wildman–Crippen MR) is 108 cm³/mol. The molecule has 0 saturated heterocycles. The minimum atomic E-state index is -0.00700. The van der Waals surface area contributed by atoms with E-state index in [4.69, 9.17) is 29.2 Å². The molecule has 0 aliphatic carbocycles. The normalized spacial score (nSPS) is 10.7. The Morgan fingerprint density at radius 2 is 1.14 bits per heavy atom. The van der Waals surface area contributed by atoms with Crippen LogP contribution in [0.3, 0.4) is 0 Å². The fourth-order valence-corrected chi connectivity index (χ4v) is 2.50. The van der Waals surface area contributed by atoms with Crippen molar-refractivity contribution in [3.8, 4) is 11.5 Å². The molecule has 158 valence electrons. The number of ether oxygens (including phenoxy) is 4. The zero-order valence-corrected chi connectivity index (χ0v) is 16.4. The average Bonchev–Trinajstić information content (AvgIpc) is 2.75. The van der Waals surface area contributed by atoms with Crippen LogP contribution in [0.25, 0.3) is 0 Å². The van der Waals surface area contributed by atoms with Crippen molar-refractivity contribution in [1.82, 2.24) is 0 Å². The molecule has 0 fully saturated rings. The lowest BCUT2D eigenvalue weighted by Gasteiger charge is -2.08. The molecular weight excluding hydrogens is 376 g/mol. The van der Waals surface area contributed by atoms with Gasteiger partial charge in [-0.25, -0.2) is 0 Å². The zero-order valence-electron chi connectivity index (χ0n) is 16.4. The topological polar surface area (TPSA) is 94.5 Å². The number of Topliss-reactive ketones (excluding diaryl/α,β-unsaturated/α-hetero) is 1. The van der Waals surface area contributed by atoms with Crippen molar-refractivity contribution in [1.29, 1.82) is 0 Å². The van der Waals surface area contributed by atoms with E-state index in [0.717, 1.165) is 5.56 Å². The molecule has 0 saturated carbocycles. The highest BCUT2D eigenvalue weighted by Gasteiger charge is 2.08. The van der Waals surface area contributed by atoms with Gasteiger partial charge in [0.1, 0.15) is 24.7 Å². The Hall–Kier alpha value is -2.45. The van der Waals surface area contributed by atoms with Gasteiger partial charge in [0.05, 0.1) is 39.6 Å². The first-order valence-corrected chi connectivity index (χ1v) is 9.58. The molecule has 2 aromatic rings. The van der Waals surface area contributed by atoms with E-state index in [2.05, 4.69) is 0 Å². The van der Waals surface area contributed by atoms with Crippen LogP contribution in [-0.2, 0) is 15.9 Å². The zero-order chi connectivity index (χ0) is 20.7. The summed E-state index contributed by atoms with van der Waals surface area (Å²) >= 11 is 0. The van der Waals surface area contributed by atoms with Crippen molar-refractivity contribution in [2.45, 2.75) is 6.42 Å². The summed E-state index contributed by atoms with van der Waals surface area (Å²) in [6.07, 6.45) is 0.301. The molecule has 0 heterocycles. The maximum Gasteiger partial charge on any atom is 0.167 e. The van der Waals surface area contributed by atoms with Gasteiger partial charge in [-0.3, -0.25) is 4.79 Å². The number of carbonyl (C=O) groups is 1. The van der Waals surface area contributed by atoms with Gasteiger partial charge in [-0.1, -0.05) is 12.1 Å². The molecule has 0 aliphatic rings. The third kappa shape index (κ3) is 9.06. The molecule has 0 bridgehead atoms. The molecule has 0 unspecified atom stereocenters. The van der Waals surface area contributed by atoms with E-state index >= 15 is 0 Å². The molecule has 0 spiro atoms. The van der Waals surface area contributed by atoms with Crippen molar-refractivity contribution in [3.63, 3.8) is 0 Å². The number of ketones is 1. The number of carbonyl (C=O) groups excluding carboxylic acids is 1. The predicted octanol–water partition coefficient (Wildman–Crippen LogP) is 1.89. The summed E-state index contributed by atoms with van der Waals surface area (Å²) in [5.74, 6) is 1.39. The summed E-state index contributed by atoms with van der Waals surface area (Å²) in [4.78, 5) is 12.5. The van der Waals surface area contributed by atoms with Crippen LogP contribution in [0.15, 0.2) is 48.5 Å². The molecule has 0 atom stereocenters. The third-order valence-corrected chi connectivity index (χ3v) is 3.93. The Balaban J connectivity index is 1.74. The number of aliphatic hydroxyl groups excluding tert-OH is 2. The lowest BCUT2D eigenvalue weighted by molar-refractivity contribution is 0.0705. The van der Waals surface area contributed by atoms with Gasteiger partial charge in [0, 0.05) is 12.0 Å². The number of hydrogen-bond donors (Lipinski definition) is 2. The third-order valence-electron chi connectivity index (χ3n) is 3.93. The molecule has 0 aliphatic heterocycles. The second kappa shape index (κ2) is 13.7. The second-order valence-corrected chi connectivity index (χ2v) is 6.14. The number of hydrogen-bond acceptors (Lipinski definition) is 7. The summed E-state index contributed by atoms with van der Waals surface area (Å²) in [5, 5.41) is 17.3. The van der Waals surface area contributed by atoms with Gasteiger partial charge in [0.15, 0.2) is 5.78 Å². The fraction of sp³-hybridized carbons (Fsp3) is 0.409. The van der Waals surface area contributed by atoms with E-state index in [0.29, 0.717) is 63.1 Å². The number of benzene rings is 2. The Bertz CT molecular complexity index is 698. The van der Waals surface area contributed by atoms with Gasteiger partial charge >= 0.3 is 0 Å². The largest absolute Gasteiger partial charge is 0.491 e. The minimum absolute atomic E-state index is 0.00113. The lowest BCUT2D eigenvalue weighted by atomic mass is 10.0. The Labute approximate surface area is 170 Å². The van der Waals surface area contributed by atoms with Crippen molar-refractivity contribution in [2.24, 2.45) is 0 Å². The van der Waals surface area contributed by atoms with E-state index < -0.39 is 0 Å². The standard InChI is InChI=1S/C22H28O7/c23-9-11-26-13-15-28-20-5-1-18(2-6-20)17-22(25)19-3-7-21(8-4-19)29-16-14-27-12-10-24/h1-8,23-24H,9-17H2. The van der Waals surface area contributed by atoms with Crippen molar-refractivity contribution in [3.05, 3.63) is 59.7 Å². The second-order valence-electron chi connectivity index (χ2n) is 6.14. The summed E-state index contributed by atoms with van der Waals surface area (Å²) < 4.78 is 21.3. The minimum Gasteiger partial charge on any atom is -0.491 e. The first kappa shape index (κ1) is 22.8. The van der Waals surface area contributed by atoms with Crippen molar-refractivity contribution < 1.29 is 34.0 Å². The van der Waals surface area contributed by atoms with Gasteiger partial charge in [0.2, 0.25) is 0 Å². The molecule has 0 amide bonds. The van der Waals surface area contributed by atoms with E-state index in [-0.39, 0.29) is 19.0 Å². The quantitative estimate of drug-likeness (QED) is 0.346. The molecule has 2 aromatic carbocycles. The summed E-state index contributed by atoms with van der Waals surface area (Å²) in [6, 6.07) is 14.4.